The van der Waals surface area contributed by atoms with Gasteiger partial charge < -0.3 is 0 Å². The van der Waals surface area contributed by atoms with Crippen LogP contribution >= 0.6 is 0 Å². The standard InChI is InChI=1S/C7H8F2O2S/c1-5-4-6(12(9,10)11)2-3-7(5)8/h2-3,5H,4H2,1H3. The summed E-state index contributed by atoms with van der Waals surface area (Å²) in [5, 5.41) is 0. The van der Waals surface area contributed by atoms with Crippen LogP contribution in [0.25, 0.3) is 0 Å². The van der Waals surface area contributed by atoms with Gasteiger partial charge in [-0.3, -0.25) is 0 Å². The zero-order valence-electron chi connectivity index (χ0n) is 6.42. The van der Waals surface area contributed by atoms with E-state index in [9.17, 15) is 16.7 Å². The number of hydrogen-bond acceptors (Lipinski definition) is 2. The molecular formula is C7H8F2O2S. The van der Waals surface area contributed by atoms with E-state index in [0.717, 1.165) is 12.2 Å². The Morgan fingerprint density at radius 2 is 2.08 bits per heavy atom. The lowest BCUT2D eigenvalue weighted by Gasteiger charge is -2.12. The predicted molar refractivity (Wildman–Crippen MR) is 41.1 cm³/mol. The zero-order valence-corrected chi connectivity index (χ0v) is 7.24. The van der Waals surface area contributed by atoms with Crippen LogP contribution in [0.15, 0.2) is 22.9 Å². The van der Waals surface area contributed by atoms with Crippen molar-refractivity contribution < 1.29 is 16.7 Å². The van der Waals surface area contributed by atoms with Crippen LogP contribution in [0.5, 0.6) is 0 Å². The second-order valence-electron chi connectivity index (χ2n) is 2.73. The molecule has 0 aromatic heterocycles. The van der Waals surface area contributed by atoms with Gasteiger partial charge in [0, 0.05) is 5.92 Å². The molecular weight excluding hydrogens is 186 g/mol. The molecule has 5 heteroatoms. The summed E-state index contributed by atoms with van der Waals surface area (Å²) in [6.45, 7) is 1.50. The SMILES string of the molecule is CC1CC(S(=O)(=O)F)=CC=C1F. The molecule has 0 heterocycles. The van der Waals surface area contributed by atoms with E-state index in [1.807, 2.05) is 0 Å². The third-order valence-corrected chi connectivity index (χ3v) is 2.65. The molecule has 68 valence electrons. The first kappa shape index (κ1) is 9.38. The highest BCUT2D eigenvalue weighted by atomic mass is 32.3. The van der Waals surface area contributed by atoms with Crippen molar-refractivity contribution in [1.29, 1.82) is 0 Å². The number of rotatable bonds is 1. The van der Waals surface area contributed by atoms with Gasteiger partial charge in [0.15, 0.2) is 0 Å². The highest BCUT2D eigenvalue weighted by molar-refractivity contribution is 7.90. The molecule has 0 N–H and O–H groups in total. The Morgan fingerprint density at radius 1 is 1.50 bits per heavy atom. The number of halogens is 2. The van der Waals surface area contributed by atoms with Gasteiger partial charge in [0.05, 0.1) is 4.91 Å². The molecule has 0 aromatic rings. The van der Waals surface area contributed by atoms with Gasteiger partial charge in [0.25, 0.3) is 0 Å². The first-order valence-electron chi connectivity index (χ1n) is 3.42. The summed E-state index contributed by atoms with van der Waals surface area (Å²) in [6.07, 6.45) is 1.85. The minimum atomic E-state index is -4.63. The van der Waals surface area contributed by atoms with Gasteiger partial charge in [-0.1, -0.05) is 6.92 Å². The molecule has 0 aliphatic heterocycles. The average molecular weight is 194 g/mol. The van der Waals surface area contributed by atoms with E-state index < -0.39 is 22.0 Å². The molecule has 0 bridgehead atoms. The second kappa shape index (κ2) is 2.97. The van der Waals surface area contributed by atoms with E-state index in [2.05, 4.69) is 0 Å². The van der Waals surface area contributed by atoms with Crippen molar-refractivity contribution in [3.8, 4) is 0 Å². The lowest BCUT2D eigenvalue weighted by molar-refractivity contribution is 0.483. The van der Waals surface area contributed by atoms with Gasteiger partial charge in [0.2, 0.25) is 0 Å². The van der Waals surface area contributed by atoms with E-state index in [-0.39, 0.29) is 11.3 Å². The van der Waals surface area contributed by atoms with Crippen LogP contribution in [-0.2, 0) is 10.2 Å². The van der Waals surface area contributed by atoms with Crippen LogP contribution in [0.3, 0.4) is 0 Å². The molecule has 0 aromatic carbocycles. The molecule has 0 saturated heterocycles. The lowest BCUT2D eigenvalue weighted by Crippen LogP contribution is -2.07. The minimum Gasteiger partial charge on any atom is -0.212 e. The highest BCUT2D eigenvalue weighted by Crippen LogP contribution is 2.28. The topological polar surface area (TPSA) is 34.1 Å². The third-order valence-electron chi connectivity index (χ3n) is 1.72. The Bertz CT molecular complexity index is 340. The average Bonchev–Trinajstić information content (AvgIpc) is 1.92. The van der Waals surface area contributed by atoms with Crippen molar-refractivity contribution in [2.75, 3.05) is 0 Å². The van der Waals surface area contributed by atoms with Crippen LogP contribution in [0.4, 0.5) is 8.28 Å². The maximum atomic E-state index is 12.6. The Morgan fingerprint density at radius 3 is 2.50 bits per heavy atom. The Balaban J connectivity index is 3.00. The Hall–Kier alpha value is -0.710. The van der Waals surface area contributed by atoms with Crippen LogP contribution in [0.1, 0.15) is 13.3 Å². The summed E-state index contributed by atoms with van der Waals surface area (Å²) >= 11 is 0. The van der Waals surface area contributed by atoms with E-state index in [4.69, 9.17) is 0 Å². The maximum absolute atomic E-state index is 12.6. The molecule has 1 unspecified atom stereocenters. The molecule has 0 saturated carbocycles. The van der Waals surface area contributed by atoms with E-state index in [1.54, 1.807) is 0 Å². The van der Waals surface area contributed by atoms with E-state index >= 15 is 0 Å². The number of hydrogen-bond donors (Lipinski definition) is 0. The number of allylic oxidation sites excluding steroid dienone is 4. The smallest absolute Gasteiger partial charge is 0.212 e. The van der Waals surface area contributed by atoms with Crippen molar-refractivity contribution in [3.63, 3.8) is 0 Å². The molecule has 0 amide bonds. The summed E-state index contributed by atoms with van der Waals surface area (Å²) < 4.78 is 45.7. The minimum absolute atomic E-state index is 0.0961. The fourth-order valence-corrected chi connectivity index (χ4v) is 1.66. The molecule has 1 rings (SSSR count). The highest BCUT2D eigenvalue weighted by Gasteiger charge is 2.23. The lowest BCUT2D eigenvalue weighted by atomic mass is 10.0. The van der Waals surface area contributed by atoms with Gasteiger partial charge in [-0.05, 0) is 18.6 Å². The first-order chi connectivity index (χ1) is 5.41. The third kappa shape index (κ3) is 1.91. The van der Waals surface area contributed by atoms with E-state index in [0.29, 0.717) is 0 Å². The molecule has 0 radical (unpaired) electrons. The largest absolute Gasteiger partial charge is 0.328 e. The van der Waals surface area contributed by atoms with E-state index in [1.165, 1.54) is 6.92 Å². The molecule has 2 nitrogen and oxygen atoms in total. The van der Waals surface area contributed by atoms with Crippen molar-refractivity contribution in [2.45, 2.75) is 13.3 Å². The van der Waals surface area contributed by atoms with Gasteiger partial charge in [0.1, 0.15) is 5.83 Å². The Labute approximate surface area is 69.8 Å². The summed E-state index contributed by atoms with van der Waals surface area (Å²) in [6, 6.07) is 0. The molecule has 12 heavy (non-hydrogen) atoms. The quantitative estimate of drug-likeness (QED) is 0.599. The van der Waals surface area contributed by atoms with Crippen molar-refractivity contribution in [3.05, 3.63) is 22.9 Å². The monoisotopic (exact) mass is 194 g/mol. The fraction of sp³-hybridized carbons (Fsp3) is 0.429. The zero-order chi connectivity index (χ0) is 9.35. The first-order valence-corrected chi connectivity index (χ1v) is 4.80. The van der Waals surface area contributed by atoms with Gasteiger partial charge in [-0.15, -0.1) is 3.89 Å². The molecule has 1 atom stereocenters. The second-order valence-corrected chi connectivity index (χ2v) is 4.13. The predicted octanol–water partition coefficient (Wildman–Crippen LogP) is 2.06. The summed E-state index contributed by atoms with van der Waals surface area (Å²) in [5.41, 5.74) is 0. The molecule has 1 aliphatic carbocycles. The summed E-state index contributed by atoms with van der Waals surface area (Å²) in [4.78, 5) is -0.351. The van der Waals surface area contributed by atoms with Crippen molar-refractivity contribution in [2.24, 2.45) is 5.92 Å². The molecule has 0 fully saturated rings. The van der Waals surface area contributed by atoms with Crippen LogP contribution < -0.4 is 0 Å². The fourth-order valence-electron chi connectivity index (χ4n) is 0.985. The summed E-state index contributed by atoms with van der Waals surface area (Å²) in [5.74, 6) is -0.960. The van der Waals surface area contributed by atoms with Gasteiger partial charge in [-0.2, -0.15) is 8.42 Å². The van der Waals surface area contributed by atoms with Gasteiger partial charge in [-0.25, -0.2) is 4.39 Å². The molecule has 0 spiro atoms. The van der Waals surface area contributed by atoms with Crippen molar-refractivity contribution in [1.82, 2.24) is 0 Å². The van der Waals surface area contributed by atoms with Crippen LogP contribution in [-0.4, -0.2) is 8.42 Å². The Kier molecular flexibility index (Phi) is 2.32. The summed E-state index contributed by atoms with van der Waals surface area (Å²) in [7, 11) is -4.63. The van der Waals surface area contributed by atoms with Crippen LogP contribution in [0, 0.1) is 5.92 Å². The van der Waals surface area contributed by atoms with Crippen LogP contribution in [0.2, 0.25) is 0 Å². The molecule has 1 aliphatic rings. The normalized spacial score (nSPS) is 24.8. The van der Waals surface area contributed by atoms with Crippen molar-refractivity contribution >= 4 is 10.2 Å². The van der Waals surface area contributed by atoms with Gasteiger partial charge >= 0.3 is 10.2 Å². The maximum Gasteiger partial charge on any atom is 0.328 e.